The van der Waals surface area contributed by atoms with E-state index in [0.717, 1.165) is 22.0 Å². The van der Waals surface area contributed by atoms with E-state index in [1.807, 2.05) is 43.5 Å². The molecule has 134 valence electrons. The standard InChI is InChI=1S/C21H16FN3OS/c1-12-3-8-18-15(9-12)10-17(13(2)23-18)20(26)25-21-24-19(11-27-21)14-4-6-16(22)7-5-14/h3-11H,1-2H3,(H,24,25,26). The molecule has 0 saturated heterocycles. The van der Waals surface area contributed by atoms with Gasteiger partial charge in [0, 0.05) is 16.3 Å². The third kappa shape index (κ3) is 3.57. The Hall–Kier alpha value is -3.12. The topological polar surface area (TPSA) is 54.9 Å². The monoisotopic (exact) mass is 377 g/mol. The van der Waals surface area contributed by atoms with Crippen molar-refractivity contribution in [2.45, 2.75) is 13.8 Å². The number of carbonyl (C=O) groups is 1. The smallest absolute Gasteiger partial charge is 0.259 e. The zero-order chi connectivity index (χ0) is 19.0. The minimum absolute atomic E-state index is 0.247. The molecule has 27 heavy (non-hydrogen) atoms. The van der Waals surface area contributed by atoms with E-state index in [9.17, 15) is 9.18 Å². The molecule has 0 atom stereocenters. The lowest BCUT2D eigenvalue weighted by atomic mass is 10.1. The van der Waals surface area contributed by atoms with Gasteiger partial charge >= 0.3 is 0 Å². The zero-order valence-electron chi connectivity index (χ0n) is 14.8. The van der Waals surface area contributed by atoms with Gasteiger partial charge < -0.3 is 0 Å². The van der Waals surface area contributed by atoms with Crippen LogP contribution in [0.1, 0.15) is 21.6 Å². The van der Waals surface area contributed by atoms with Crippen LogP contribution in [0.15, 0.2) is 53.9 Å². The molecule has 0 aliphatic heterocycles. The molecule has 0 bridgehead atoms. The molecular weight excluding hydrogens is 361 g/mol. The molecule has 0 aliphatic rings. The van der Waals surface area contributed by atoms with E-state index < -0.39 is 0 Å². The van der Waals surface area contributed by atoms with Crippen molar-refractivity contribution in [3.8, 4) is 11.3 Å². The first-order valence-corrected chi connectivity index (χ1v) is 9.28. The number of carbonyl (C=O) groups excluding carboxylic acids is 1. The van der Waals surface area contributed by atoms with E-state index in [2.05, 4.69) is 15.3 Å². The molecule has 0 spiro atoms. The zero-order valence-corrected chi connectivity index (χ0v) is 15.6. The number of hydrogen-bond donors (Lipinski definition) is 1. The second-order valence-electron chi connectivity index (χ2n) is 6.32. The summed E-state index contributed by atoms with van der Waals surface area (Å²) in [4.78, 5) is 21.7. The Kier molecular flexibility index (Phi) is 4.41. The van der Waals surface area contributed by atoms with Crippen LogP contribution in [0.2, 0.25) is 0 Å². The Bertz CT molecular complexity index is 1150. The average molecular weight is 377 g/mol. The van der Waals surface area contributed by atoms with Crippen molar-refractivity contribution < 1.29 is 9.18 Å². The Labute approximate surface area is 159 Å². The summed E-state index contributed by atoms with van der Waals surface area (Å²) in [6.45, 7) is 3.82. The maximum Gasteiger partial charge on any atom is 0.259 e. The molecule has 4 nitrogen and oxygen atoms in total. The lowest BCUT2D eigenvalue weighted by molar-refractivity contribution is 0.102. The normalized spacial score (nSPS) is 10.9. The molecule has 1 N–H and O–H groups in total. The minimum atomic E-state index is -0.294. The summed E-state index contributed by atoms with van der Waals surface area (Å²) in [5.41, 5.74) is 4.66. The summed E-state index contributed by atoms with van der Waals surface area (Å²) in [5, 5.41) is 6.08. The number of aromatic nitrogens is 2. The van der Waals surface area contributed by atoms with E-state index in [0.29, 0.717) is 22.1 Å². The first-order chi connectivity index (χ1) is 13.0. The molecule has 1 amide bonds. The average Bonchev–Trinajstić information content (AvgIpc) is 3.10. The van der Waals surface area contributed by atoms with Crippen LogP contribution in [0.4, 0.5) is 9.52 Å². The van der Waals surface area contributed by atoms with Gasteiger partial charge in [-0.2, -0.15) is 0 Å². The van der Waals surface area contributed by atoms with Gasteiger partial charge in [-0.25, -0.2) is 9.37 Å². The van der Waals surface area contributed by atoms with Crippen LogP contribution in [0.5, 0.6) is 0 Å². The highest BCUT2D eigenvalue weighted by Gasteiger charge is 2.14. The quantitative estimate of drug-likeness (QED) is 0.522. The molecule has 4 rings (SSSR count). The first kappa shape index (κ1) is 17.3. The van der Waals surface area contributed by atoms with Gasteiger partial charge in [0.15, 0.2) is 5.13 Å². The molecule has 6 heteroatoms. The Morgan fingerprint density at radius 1 is 1.04 bits per heavy atom. The molecule has 0 saturated carbocycles. The summed E-state index contributed by atoms with van der Waals surface area (Å²) < 4.78 is 13.1. The maximum absolute atomic E-state index is 13.1. The van der Waals surface area contributed by atoms with Crippen molar-refractivity contribution >= 4 is 33.3 Å². The van der Waals surface area contributed by atoms with Gasteiger partial charge in [0.2, 0.25) is 0 Å². The maximum atomic E-state index is 13.1. The predicted molar refractivity (Wildman–Crippen MR) is 107 cm³/mol. The predicted octanol–water partition coefficient (Wildman–Crippen LogP) is 5.37. The van der Waals surface area contributed by atoms with E-state index in [1.165, 1.54) is 23.5 Å². The van der Waals surface area contributed by atoms with Crippen LogP contribution >= 0.6 is 11.3 Å². The Balaban J connectivity index is 1.60. The number of hydrogen-bond acceptors (Lipinski definition) is 4. The lowest BCUT2D eigenvalue weighted by Crippen LogP contribution is -2.14. The molecule has 2 aromatic heterocycles. The molecule has 4 aromatic rings. The molecule has 0 unspecified atom stereocenters. The van der Waals surface area contributed by atoms with Crippen LogP contribution in [-0.4, -0.2) is 15.9 Å². The fourth-order valence-electron chi connectivity index (χ4n) is 2.87. The van der Waals surface area contributed by atoms with Crippen LogP contribution in [0.25, 0.3) is 22.2 Å². The highest BCUT2D eigenvalue weighted by molar-refractivity contribution is 7.14. The molecule has 0 aliphatic carbocycles. The number of benzene rings is 2. The summed E-state index contributed by atoms with van der Waals surface area (Å²) in [7, 11) is 0. The highest BCUT2D eigenvalue weighted by Crippen LogP contribution is 2.26. The van der Waals surface area contributed by atoms with Crippen LogP contribution in [0.3, 0.4) is 0 Å². The largest absolute Gasteiger partial charge is 0.298 e. The molecule has 2 aromatic carbocycles. The number of halogens is 1. The first-order valence-electron chi connectivity index (χ1n) is 8.40. The number of aryl methyl sites for hydroxylation is 2. The van der Waals surface area contributed by atoms with Crippen molar-refractivity contribution in [3.05, 3.63) is 76.5 Å². The number of nitrogens with one attached hydrogen (secondary N) is 1. The third-order valence-electron chi connectivity index (χ3n) is 4.27. The number of fused-ring (bicyclic) bond motifs is 1. The van der Waals surface area contributed by atoms with Crippen molar-refractivity contribution in [3.63, 3.8) is 0 Å². The summed E-state index contributed by atoms with van der Waals surface area (Å²) in [6, 6.07) is 13.9. The van der Waals surface area contributed by atoms with Crippen molar-refractivity contribution in [2.75, 3.05) is 5.32 Å². The molecule has 0 radical (unpaired) electrons. The number of anilines is 1. The van der Waals surface area contributed by atoms with Gasteiger partial charge in [-0.3, -0.25) is 15.1 Å². The third-order valence-corrected chi connectivity index (χ3v) is 5.03. The Morgan fingerprint density at radius 2 is 1.81 bits per heavy atom. The van der Waals surface area contributed by atoms with Crippen LogP contribution < -0.4 is 5.32 Å². The van der Waals surface area contributed by atoms with Crippen molar-refractivity contribution in [2.24, 2.45) is 0 Å². The summed E-state index contributed by atoms with van der Waals surface area (Å²) >= 11 is 1.33. The fourth-order valence-corrected chi connectivity index (χ4v) is 3.59. The van der Waals surface area contributed by atoms with E-state index in [-0.39, 0.29) is 11.7 Å². The number of nitrogens with zero attached hydrogens (tertiary/aromatic N) is 2. The van der Waals surface area contributed by atoms with Gasteiger partial charge in [-0.15, -0.1) is 11.3 Å². The number of thiazole rings is 1. The number of pyridine rings is 1. The minimum Gasteiger partial charge on any atom is -0.298 e. The number of rotatable bonds is 3. The Morgan fingerprint density at radius 3 is 2.59 bits per heavy atom. The SMILES string of the molecule is Cc1ccc2nc(C)c(C(=O)Nc3nc(-c4ccc(F)cc4)cs3)cc2c1. The van der Waals surface area contributed by atoms with Gasteiger partial charge in [-0.1, -0.05) is 11.6 Å². The van der Waals surface area contributed by atoms with Gasteiger partial charge in [-0.05, 0) is 56.3 Å². The van der Waals surface area contributed by atoms with Crippen LogP contribution in [-0.2, 0) is 0 Å². The van der Waals surface area contributed by atoms with Crippen LogP contribution in [0, 0.1) is 19.7 Å². The second kappa shape index (κ2) is 6.89. The molecule has 2 heterocycles. The van der Waals surface area contributed by atoms with E-state index in [1.54, 1.807) is 12.1 Å². The lowest BCUT2D eigenvalue weighted by Gasteiger charge is -2.07. The second-order valence-corrected chi connectivity index (χ2v) is 7.17. The van der Waals surface area contributed by atoms with Gasteiger partial charge in [0.25, 0.3) is 5.91 Å². The molecule has 0 fully saturated rings. The van der Waals surface area contributed by atoms with E-state index >= 15 is 0 Å². The number of amides is 1. The summed E-state index contributed by atoms with van der Waals surface area (Å²) in [6.07, 6.45) is 0. The van der Waals surface area contributed by atoms with Crippen molar-refractivity contribution in [1.29, 1.82) is 0 Å². The highest BCUT2D eigenvalue weighted by atomic mass is 32.1. The molecular formula is C21H16FN3OS. The fraction of sp³-hybridized carbons (Fsp3) is 0.0952. The van der Waals surface area contributed by atoms with Gasteiger partial charge in [0.1, 0.15) is 5.82 Å². The van der Waals surface area contributed by atoms with E-state index in [4.69, 9.17) is 0 Å². The summed E-state index contributed by atoms with van der Waals surface area (Å²) in [5.74, 6) is -0.541. The van der Waals surface area contributed by atoms with Crippen molar-refractivity contribution in [1.82, 2.24) is 9.97 Å². The van der Waals surface area contributed by atoms with Gasteiger partial charge in [0.05, 0.1) is 22.5 Å².